The van der Waals surface area contributed by atoms with Gasteiger partial charge in [0.05, 0.1) is 6.04 Å². The quantitative estimate of drug-likeness (QED) is 0.753. The minimum atomic E-state index is 0.0150. The highest BCUT2D eigenvalue weighted by molar-refractivity contribution is 6.31. The Bertz CT molecular complexity index is 437. The van der Waals surface area contributed by atoms with E-state index in [1.807, 2.05) is 13.0 Å². The molecule has 0 saturated carbocycles. The molecule has 1 unspecified atom stereocenters. The Hall–Kier alpha value is -0.790. The van der Waals surface area contributed by atoms with Gasteiger partial charge in [-0.05, 0) is 49.8 Å². The highest BCUT2D eigenvalue weighted by Gasteiger charge is 2.13. The first-order valence-corrected chi connectivity index (χ1v) is 7.27. The number of allylic oxidation sites excluding steroid dienone is 1. The van der Waals surface area contributed by atoms with Crippen LogP contribution in [0, 0.1) is 6.92 Å². The largest absolute Gasteiger partial charge is 0.321 e. The molecule has 0 radical (unpaired) electrons. The standard InChI is InChI=1S/C16H22ClN/c1-12-9-10-14(11-15(12)17)16(18)13-7-5-3-2-4-6-8-13/h7,9-11,16H,2-6,8,18H2,1H3/b13-7+. The molecule has 0 spiro atoms. The van der Waals surface area contributed by atoms with Crippen LogP contribution in [0.1, 0.15) is 55.7 Å². The molecule has 2 rings (SSSR count). The molecule has 0 saturated heterocycles. The van der Waals surface area contributed by atoms with E-state index >= 15 is 0 Å². The molecule has 0 amide bonds. The molecule has 1 aromatic carbocycles. The number of nitrogens with two attached hydrogens (primary N) is 1. The molecule has 0 heterocycles. The third-order valence-corrected chi connectivity index (χ3v) is 4.19. The van der Waals surface area contributed by atoms with Crippen LogP contribution in [0.3, 0.4) is 0 Å². The number of rotatable bonds is 2. The Balaban J connectivity index is 2.18. The topological polar surface area (TPSA) is 26.0 Å². The van der Waals surface area contributed by atoms with Gasteiger partial charge in [0.2, 0.25) is 0 Å². The van der Waals surface area contributed by atoms with E-state index in [2.05, 4.69) is 18.2 Å². The third-order valence-electron chi connectivity index (χ3n) is 3.78. The Morgan fingerprint density at radius 2 is 1.94 bits per heavy atom. The highest BCUT2D eigenvalue weighted by Crippen LogP contribution is 2.29. The molecule has 98 valence electrons. The van der Waals surface area contributed by atoms with Crippen molar-refractivity contribution in [2.24, 2.45) is 5.73 Å². The van der Waals surface area contributed by atoms with E-state index < -0.39 is 0 Å². The number of hydrogen-bond acceptors (Lipinski definition) is 1. The first-order valence-electron chi connectivity index (χ1n) is 6.89. The summed E-state index contributed by atoms with van der Waals surface area (Å²) in [5, 5.41) is 0.814. The molecule has 1 nitrogen and oxygen atoms in total. The Morgan fingerprint density at radius 1 is 1.17 bits per heavy atom. The van der Waals surface area contributed by atoms with E-state index in [1.54, 1.807) is 0 Å². The number of benzene rings is 1. The van der Waals surface area contributed by atoms with Crippen LogP contribution in [0.4, 0.5) is 0 Å². The van der Waals surface area contributed by atoms with Gasteiger partial charge in [0.25, 0.3) is 0 Å². The first kappa shape index (κ1) is 13.6. The van der Waals surface area contributed by atoms with Crippen LogP contribution in [-0.4, -0.2) is 0 Å². The zero-order chi connectivity index (χ0) is 13.0. The predicted octanol–water partition coefficient (Wildman–Crippen LogP) is 4.93. The van der Waals surface area contributed by atoms with Gasteiger partial charge in [0.15, 0.2) is 0 Å². The zero-order valence-corrected chi connectivity index (χ0v) is 11.8. The van der Waals surface area contributed by atoms with Gasteiger partial charge in [-0.15, -0.1) is 0 Å². The maximum absolute atomic E-state index is 6.38. The van der Waals surface area contributed by atoms with E-state index in [1.165, 1.54) is 37.7 Å². The van der Waals surface area contributed by atoms with E-state index in [-0.39, 0.29) is 6.04 Å². The Labute approximate surface area is 115 Å². The van der Waals surface area contributed by atoms with Crippen molar-refractivity contribution < 1.29 is 0 Å². The molecule has 2 N–H and O–H groups in total. The fraction of sp³-hybridized carbons (Fsp3) is 0.500. The molecule has 0 bridgehead atoms. The maximum Gasteiger partial charge on any atom is 0.0511 e. The smallest absolute Gasteiger partial charge is 0.0511 e. The van der Waals surface area contributed by atoms with E-state index in [4.69, 9.17) is 17.3 Å². The molecule has 2 heteroatoms. The second kappa shape index (κ2) is 6.40. The lowest BCUT2D eigenvalue weighted by Gasteiger charge is -2.19. The van der Waals surface area contributed by atoms with Crippen molar-refractivity contribution in [2.45, 2.75) is 51.5 Å². The Morgan fingerprint density at radius 3 is 2.72 bits per heavy atom. The summed E-state index contributed by atoms with van der Waals surface area (Å²) in [6.45, 7) is 2.02. The van der Waals surface area contributed by atoms with Crippen molar-refractivity contribution in [3.05, 3.63) is 46.0 Å². The van der Waals surface area contributed by atoms with Crippen molar-refractivity contribution in [1.29, 1.82) is 0 Å². The van der Waals surface area contributed by atoms with Gasteiger partial charge in [0, 0.05) is 5.02 Å². The third kappa shape index (κ3) is 3.37. The Kier molecular flexibility index (Phi) is 4.85. The fourth-order valence-corrected chi connectivity index (χ4v) is 2.70. The molecule has 0 aromatic heterocycles. The summed E-state index contributed by atoms with van der Waals surface area (Å²) in [5.41, 5.74) is 10.0. The van der Waals surface area contributed by atoms with Gasteiger partial charge in [-0.25, -0.2) is 0 Å². The van der Waals surface area contributed by atoms with E-state index in [0.29, 0.717) is 0 Å². The van der Waals surface area contributed by atoms with Gasteiger partial charge < -0.3 is 5.73 Å². The monoisotopic (exact) mass is 263 g/mol. The molecule has 18 heavy (non-hydrogen) atoms. The lowest BCUT2D eigenvalue weighted by Crippen LogP contribution is -2.14. The van der Waals surface area contributed by atoms with Crippen LogP contribution in [-0.2, 0) is 0 Å². The van der Waals surface area contributed by atoms with Crippen LogP contribution < -0.4 is 5.73 Å². The summed E-state index contributed by atoms with van der Waals surface area (Å²) in [6, 6.07) is 6.19. The van der Waals surface area contributed by atoms with Crippen molar-refractivity contribution >= 4 is 11.6 Å². The summed E-state index contributed by atoms with van der Waals surface area (Å²) in [4.78, 5) is 0. The zero-order valence-electron chi connectivity index (χ0n) is 11.1. The first-order chi connectivity index (χ1) is 8.68. The maximum atomic E-state index is 6.38. The van der Waals surface area contributed by atoms with Crippen LogP contribution in [0.25, 0.3) is 0 Å². The van der Waals surface area contributed by atoms with E-state index in [0.717, 1.165) is 22.6 Å². The minimum absolute atomic E-state index is 0.0150. The van der Waals surface area contributed by atoms with Crippen molar-refractivity contribution in [3.63, 3.8) is 0 Å². The average Bonchev–Trinajstić information content (AvgIpc) is 2.31. The van der Waals surface area contributed by atoms with Gasteiger partial charge in [0.1, 0.15) is 0 Å². The van der Waals surface area contributed by atoms with Gasteiger partial charge >= 0.3 is 0 Å². The lowest BCUT2D eigenvalue weighted by molar-refractivity contribution is 0.602. The van der Waals surface area contributed by atoms with Crippen molar-refractivity contribution in [2.75, 3.05) is 0 Å². The van der Waals surface area contributed by atoms with Crippen LogP contribution in [0.15, 0.2) is 29.8 Å². The van der Waals surface area contributed by atoms with Crippen molar-refractivity contribution in [3.8, 4) is 0 Å². The molecule has 1 aliphatic rings. The molecule has 0 aliphatic heterocycles. The molecule has 1 atom stereocenters. The second-order valence-electron chi connectivity index (χ2n) is 5.22. The molecule has 0 fully saturated rings. The van der Waals surface area contributed by atoms with Crippen molar-refractivity contribution in [1.82, 2.24) is 0 Å². The number of hydrogen-bond donors (Lipinski definition) is 1. The molecular weight excluding hydrogens is 242 g/mol. The number of halogens is 1. The summed E-state index contributed by atoms with van der Waals surface area (Å²) in [6.07, 6.45) is 9.89. The molecular formula is C16H22ClN. The van der Waals surface area contributed by atoms with Gasteiger partial charge in [-0.1, -0.05) is 48.2 Å². The summed E-state index contributed by atoms with van der Waals surface area (Å²) >= 11 is 6.18. The molecule has 1 aromatic rings. The highest BCUT2D eigenvalue weighted by atomic mass is 35.5. The van der Waals surface area contributed by atoms with Crippen LogP contribution in [0.5, 0.6) is 0 Å². The summed E-state index contributed by atoms with van der Waals surface area (Å²) < 4.78 is 0. The summed E-state index contributed by atoms with van der Waals surface area (Å²) in [5.74, 6) is 0. The van der Waals surface area contributed by atoms with Crippen LogP contribution in [0.2, 0.25) is 5.02 Å². The lowest BCUT2D eigenvalue weighted by atomic mass is 9.91. The predicted molar refractivity (Wildman–Crippen MR) is 78.9 cm³/mol. The van der Waals surface area contributed by atoms with Gasteiger partial charge in [-0.3, -0.25) is 0 Å². The fourth-order valence-electron chi connectivity index (χ4n) is 2.52. The number of aryl methyl sites for hydroxylation is 1. The molecule has 1 aliphatic carbocycles. The normalized spacial score (nSPS) is 21.6. The second-order valence-corrected chi connectivity index (χ2v) is 5.63. The minimum Gasteiger partial charge on any atom is -0.321 e. The average molecular weight is 264 g/mol. The van der Waals surface area contributed by atoms with E-state index in [9.17, 15) is 0 Å². The van der Waals surface area contributed by atoms with Crippen LogP contribution >= 0.6 is 11.6 Å². The summed E-state index contributed by atoms with van der Waals surface area (Å²) in [7, 11) is 0. The SMILES string of the molecule is Cc1ccc(C(N)/C2=C/CCCCCC2)cc1Cl. The van der Waals surface area contributed by atoms with Gasteiger partial charge in [-0.2, -0.15) is 0 Å².